The molecule has 0 radical (unpaired) electrons. The first-order chi connectivity index (χ1) is 14.7. The Morgan fingerprint density at radius 1 is 1.13 bits per heavy atom. The number of hydrogen-bond acceptors (Lipinski definition) is 7. The first-order valence-corrected chi connectivity index (χ1v) is 10.5. The summed E-state index contributed by atoms with van der Waals surface area (Å²) >= 11 is 0. The lowest BCUT2D eigenvalue weighted by Crippen LogP contribution is -2.37. The predicted molar refractivity (Wildman–Crippen MR) is 114 cm³/mol. The minimum atomic E-state index is -0.147. The first-order valence-electron chi connectivity index (χ1n) is 10.5. The monoisotopic (exact) mass is 414 g/mol. The van der Waals surface area contributed by atoms with Crippen molar-refractivity contribution in [3.05, 3.63) is 41.7 Å². The molecule has 1 aliphatic rings. The highest BCUT2D eigenvalue weighted by molar-refractivity contribution is 5.94. The summed E-state index contributed by atoms with van der Waals surface area (Å²) in [7, 11) is 0. The van der Waals surface area contributed by atoms with Crippen molar-refractivity contribution in [1.29, 1.82) is 0 Å². The number of rotatable bonds is 10. The summed E-state index contributed by atoms with van der Waals surface area (Å²) in [6.45, 7) is 8.34. The summed E-state index contributed by atoms with van der Waals surface area (Å²) in [5, 5.41) is 2.86. The quantitative estimate of drug-likeness (QED) is 0.598. The number of morpholine rings is 1. The average molecular weight is 415 g/mol. The van der Waals surface area contributed by atoms with Crippen LogP contribution in [0.15, 0.2) is 30.3 Å². The molecule has 0 bridgehead atoms. The number of unbranched alkanes of at least 4 members (excludes halogenated alkanes) is 1. The van der Waals surface area contributed by atoms with Crippen LogP contribution in [0.5, 0.6) is 11.6 Å². The van der Waals surface area contributed by atoms with Gasteiger partial charge in [0.1, 0.15) is 24.0 Å². The van der Waals surface area contributed by atoms with Gasteiger partial charge >= 0.3 is 0 Å². The number of nitrogens with zero attached hydrogens (tertiary/aromatic N) is 3. The molecular weight excluding hydrogens is 384 g/mol. The van der Waals surface area contributed by atoms with E-state index in [0.29, 0.717) is 50.2 Å². The first kappa shape index (κ1) is 21.8. The normalized spacial score (nSPS) is 13.7. The van der Waals surface area contributed by atoms with Crippen molar-refractivity contribution in [2.75, 3.05) is 51.0 Å². The second-order valence-electron chi connectivity index (χ2n) is 7.04. The number of aryl methyl sites for hydroxylation is 1. The zero-order valence-corrected chi connectivity index (χ0v) is 17.7. The topological polar surface area (TPSA) is 85.8 Å². The molecule has 8 heteroatoms. The van der Waals surface area contributed by atoms with Crippen molar-refractivity contribution in [2.24, 2.45) is 0 Å². The van der Waals surface area contributed by atoms with Gasteiger partial charge in [0.15, 0.2) is 0 Å². The molecule has 8 nitrogen and oxygen atoms in total. The summed E-state index contributed by atoms with van der Waals surface area (Å²) < 4.78 is 16.7. The van der Waals surface area contributed by atoms with Gasteiger partial charge in [-0.25, -0.2) is 4.98 Å². The van der Waals surface area contributed by atoms with Gasteiger partial charge in [-0.05, 0) is 37.6 Å². The number of nitrogens with one attached hydrogen (secondary N) is 1. The van der Waals surface area contributed by atoms with Gasteiger partial charge in [0.2, 0.25) is 5.88 Å². The molecule has 2 aromatic rings. The molecule has 0 spiro atoms. The van der Waals surface area contributed by atoms with Crippen molar-refractivity contribution in [3.63, 3.8) is 0 Å². The van der Waals surface area contributed by atoms with Crippen LogP contribution in [0.25, 0.3) is 0 Å². The van der Waals surface area contributed by atoms with Gasteiger partial charge in [-0.1, -0.05) is 13.3 Å². The van der Waals surface area contributed by atoms with E-state index < -0.39 is 0 Å². The molecule has 1 N–H and O–H groups in total. The number of ether oxygens (including phenoxy) is 3. The van der Waals surface area contributed by atoms with E-state index in [1.165, 1.54) is 0 Å². The molecule has 30 heavy (non-hydrogen) atoms. The standard InChI is InChI=1S/C22H30N4O4/c1-3-4-12-29-19-7-5-18(6-8-19)22(27)23-9-13-30-21-16-20(24-17(2)25-21)26-10-14-28-15-11-26/h5-8,16H,3-4,9-15H2,1-2H3,(H,23,27). The van der Waals surface area contributed by atoms with Crippen LogP contribution in [0.2, 0.25) is 0 Å². The van der Waals surface area contributed by atoms with E-state index in [0.717, 1.165) is 37.5 Å². The highest BCUT2D eigenvalue weighted by atomic mass is 16.5. The number of aromatic nitrogens is 2. The molecule has 3 rings (SSSR count). The molecule has 1 aliphatic heterocycles. The number of hydrogen-bond donors (Lipinski definition) is 1. The van der Waals surface area contributed by atoms with E-state index in [4.69, 9.17) is 14.2 Å². The fourth-order valence-electron chi connectivity index (χ4n) is 3.01. The van der Waals surface area contributed by atoms with Gasteiger partial charge in [0, 0.05) is 24.7 Å². The van der Waals surface area contributed by atoms with E-state index >= 15 is 0 Å². The van der Waals surface area contributed by atoms with Gasteiger partial charge in [-0.3, -0.25) is 4.79 Å². The molecule has 0 aliphatic carbocycles. The molecule has 0 unspecified atom stereocenters. The molecule has 0 atom stereocenters. The van der Waals surface area contributed by atoms with Crippen molar-refractivity contribution in [3.8, 4) is 11.6 Å². The maximum absolute atomic E-state index is 12.3. The lowest BCUT2D eigenvalue weighted by atomic mass is 10.2. The highest BCUT2D eigenvalue weighted by Gasteiger charge is 2.14. The third-order valence-electron chi connectivity index (χ3n) is 4.66. The molecule has 0 saturated carbocycles. The lowest BCUT2D eigenvalue weighted by molar-refractivity contribution is 0.0946. The summed E-state index contributed by atoms with van der Waals surface area (Å²) in [4.78, 5) is 23.3. The molecule has 1 aromatic carbocycles. The Morgan fingerprint density at radius 2 is 1.90 bits per heavy atom. The second kappa shape index (κ2) is 11.3. The van der Waals surface area contributed by atoms with Crippen LogP contribution in [-0.4, -0.2) is 61.9 Å². The van der Waals surface area contributed by atoms with Crippen LogP contribution >= 0.6 is 0 Å². The fraction of sp³-hybridized carbons (Fsp3) is 0.500. The molecule has 2 heterocycles. The SMILES string of the molecule is CCCCOc1ccc(C(=O)NCCOc2cc(N3CCOCC3)nc(C)n2)cc1. The molecule has 1 fully saturated rings. The van der Waals surface area contributed by atoms with E-state index in [1.807, 2.05) is 25.1 Å². The van der Waals surface area contributed by atoms with Crippen LogP contribution in [0.3, 0.4) is 0 Å². The van der Waals surface area contributed by atoms with E-state index in [-0.39, 0.29) is 5.91 Å². The molecular formula is C22H30N4O4. The van der Waals surface area contributed by atoms with Crippen molar-refractivity contribution in [1.82, 2.24) is 15.3 Å². The summed E-state index contributed by atoms with van der Waals surface area (Å²) in [6, 6.07) is 8.99. The molecule has 1 aromatic heterocycles. The minimum Gasteiger partial charge on any atom is -0.494 e. The molecule has 1 saturated heterocycles. The smallest absolute Gasteiger partial charge is 0.251 e. The van der Waals surface area contributed by atoms with E-state index in [1.54, 1.807) is 12.1 Å². The zero-order chi connectivity index (χ0) is 21.2. The Labute approximate surface area is 177 Å². The third kappa shape index (κ3) is 6.59. The van der Waals surface area contributed by atoms with Crippen molar-refractivity contribution >= 4 is 11.7 Å². The van der Waals surface area contributed by atoms with Crippen LogP contribution in [-0.2, 0) is 4.74 Å². The Bertz CT molecular complexity index is 807. The Balaban J connectivity index is 1.44. The van der Waals surface area contributed by atoms with E-state index in [9.17, 15) is 4.79 Å². The van der Waals surface area contributed by atoms with E-state index in [2.05, 4.69) is 27.1 Å². The van der Waals surface area contributed by atoms with Gasteiger partial charge < -0.3 is 24.4 Å². The van der Waals surface area contributed by atoms with Crippen LogP contribution in [0.4, 0.5) is 5.82 Å². The number of carbonyl (C=O) groups is 1. The lowest BCUT2D eigenvalue weighted by Gasteiger charge is -2.28. The van der Waals surface area contributed by atoms with Gasteiger partial charge in [0.25, 0.3) is 5.91 Å². The van der Waals surface area contributed by atoms with Gasteiger partial charge in [0.05, 0.1) is 26.4 Å². The fourth-order valence-corrected chi connectivity index (χ4v) is 3.01. The Morgan fingerprint density at radius 3 is 2.63 bits per heavy atom. The average Bonchev–Trinajstić information content (AvgIpc) is 2.77. The van der Waals surface area contributed by atoms with Gasteiger partial charge in [-0.2, -0.15) is 4.98 Å². The van der Waals surface area contributed by atoms with Crippen molar-refractivity contribution < 1.29 is 19.0 Å². The third-order valence-corrected chi connectivity index (χ3v) is 4.66. The van der Waals surface area contributed by atoms with Gasteiger partial charge in [-0.15, -0.1) is 0 Å². The number of anilines is 1. The van der Waals surface area contributed by atoms with Crippen LogP contribution < -0.4 is 19.7 Å². The minimum absolute atomic E-state index is 0.147. The highest BCUT2D eigenvalue weighted by Crippen LogP contribution is 2.18. The Hall–Kier alpha value is -2.87. The van der Waals surface area contributed by atoms with Crippen molar-refractivity contribution in [2.45, 2.75) is 26.7 Å². The number of amides is 1. The summed E-state index contributed by atoms with van der Waals surface area (Å²) in [5.41, 5.74) is 0.588. The molecule has 162 valence electrons. The summed E-state index contributed by atoms with van der Waals surface area (Å²) in [5.74, 6) is 2.63. The number of carbonyl (C=O) groups excluding carboxylic acids is 1. The maximum Gasteiger partial charge on any atom is 0.251 e. The predicted octanol–water partition coefficient (Wildman–Crippen LogP) is 2.61. The molecule has 1 amide bonds. The van der Waals surface area contributed by atoms with Crippen LogP contribution in [0.1, 0.15) is 35.9 Å². The number of benzene rings is 1. The largest absolute Gasteiger partial charge is 0.494 e. The maximum atomic E-state index is 12.3. The second-order valence-corrected chi connectivity index (χ2v) is 7.04. The Kier molecular flexibility index (Phi) is 8.26. The van der Waals surface area contributed by atoms with Crippen LogP contribution in [0, 0.1) is 6.92 Å². The zero-order valence-electron chi connectivity index (χ0n) is 17.7. The summed E-state index contributed by atoms with van der Waals surface area (Å²) in [6.07, 6.45) is 2.10.